The molecule has 20 heavy (non-hydrogen) atoms. The Morgan fingerprint density at radius 3 is 2.55 bits per heavy atom. The lowest BCUT2D eigenvalue weighted by Crippen LogP contribution is -2.59. The molecule has 4 nitrogen and oxygen atoms in total. The van der Waals surface area contributed by atoms with E-state index in [1.807, 2.05) is 24.3 Å². The SMILES string of the molecule is CCCNC1CC(OCc2ccc(OC)cc2)C1OC. The highest BCUT2D eigenvalue weighted by atomic mass is 16.5. The van der Waals surface area contributed by atoms with Crippen molar-refractivity contribution in [1.29, 1.82) is 0 Å². The predicted octanol–water partition coefficient (Wildman–Crippen LogP) is 2.37. The van der Waals surface area contributed by atoms with E-state index in [-0.39, 0.29) is 12.2 Å². The molecule has 1 aliphatic rings. The number of rotatable bonds is 8. The Labute approximate surface area is 121 Å². The van der Waals surface area contributed by atoms with Crippen molar-refractivity contribution in [3.8, 4) is 5.75 Å². The monoisotopic (exact) mass is 279 g/mol. The summed E-state index contributed by atoms with van der Waals surface area (Å²) in [6.45, 7) is 3.83. The van der Waals surface area contributed by atoms with Crippen molar-refractivity contribution in [2.75, 3.05) is 20.8 Å². The van der Waals surface area contributed by atoms with Crippen molar-refractivity contribution in [3.63, 3.8) is 0 Å². The van der Waals surface area contributed by atoms with Gasteiger partial charge in [0, 0.05) is 13.2 Å². The quantitative estimate of drug-likeness (QED) is 0.793. The molecule has 3 unspecified atom stereocenters. The summed E-state index contributed by atoms with van der Waals surface area (Å²) in [5, 5.41) is 3.49. The van der Waals surface area contributed by atoms with E-state index < -0.39 is 0 Å². The number of hydrogen-bond donors (Lipinski definition) is 1. The van der Waals surface area contributed by atoms with Gasteiger partial charge in [-0.3, -0.25) is 0 Å². The van der Waals surface area contributed by atoms with E-state index in [0.29, 0.717) is 12.6 Å². The van der Waals surface area contributed by atoms with Crippen LogP contribution in [0.2, 0.25) is 0 Å². The molecule has 2 rings (SSSR count). The minimum atomic E-state index is 0.166. The van der Waals surface area contributed by atoms with Crippen LogP contribution < -0.4 is 10.1 Å². The van der Waals surface area contributed by atoms with Crippen molar-refractivity contribution < 1.29 is 14.2 Å². The van der Waals surface area contributed by atoms with Crippen molar-refractivity contribution in [2.45, 2.75) is 44.6 Å². The minimum absolute atomic E-state index is 0.166. The number of benzene rings is 1. The van der Waals surface area contributed by atoms with E-state index in [1.54, 1.807) is 14.2 Å². The number of hydrogen-bond acceptors (Lipinski definition) is 4. The first-order valence-electron chi connectivity index (χ1n) is 7.29. The van der Waals surface area contributed by atoms with Crippen LogP contribution in [0.5, 0.6) is 5.75 Å². The number of ether oxygens (including phenoxy) is 3. The Bertz CT molecular complexity index is 393. The van der Waals surface area contributed by atoms with Crippen molar-refractivity contribution in [3.05, 3.63) is 29.8 Å². The fourth-order valence-corrected chi connectivity index (χ4v) is 2.51. The van der Waals surface area contributed by atoms with Crippen LogP contribution in [-0.4, -0.2) is 39.0 Å². The van der Waals surface area contributed by atoms with Gasteiger partial charge in [0.2, 0.25) is 0 Å². The summed E-state index contributed by atoms with van der Waals surface area (Å²) < 4.78 is 16.6. The molecule has 0 amide bonds. The van der Waals surface area contributed by atoms with E-state index in [4.69, 9.17) is 14.2 Å². The highest BCUT2D eigenvalue weighted by Gasteiger charge is 2.41. The summed E-state index contributed by atoms with van der Waals surface area (Å²) in [7, 11) is 3.43. The van der Waals surface area contributed by atoms with Gasteiger partial charge < -0.3 is 19.5 Å². The van der Waals surface area contributed by atoms with E-state index in [9.17, 15) is 0 Å². The van der Waals surface area contributed by atoms with Crippen LogP contribution in [0.15, 0.2) is 24.3 Å². The minimum Gasteiger partial charge on any atom is -0.497 e. The van der Waals surface area contributed by atoms with E-state index in [2.05, 4.69) is 12.2 Å². The van der Waals surface area contributed by atoms with Crippen LogP contribution in [0, 0.1) is 0 Å². The highest BCUT2D eigenvalue weighted by Crippen LogP contribution is 2.28. The molecule has 1 aromatic rings. The summed E-state index contributed by atoms with van der Waals surface area (Å²) in [4.78, 5) is 0. The average Bonchev–Trinajstić information content (AvgIpc) is 2.47. The van der Waals surface area contributed by atoms with Gasteiger partial charge in [0.25, 0.3) is 0 Å². The van der Waals surface area contributed by atoms with Crippen LogP contribution >= 0.6 is 0 Å². The molecule has 0 radical (unpaired) electrons. The topological polar surface area (TPSA) is 39.7 Å². The molecule has 0 spiro atoms. The van der Waals surface area contributed by atoms with E-state index in [1.165, 1.54) is 0 Å². The number of nitrogens with one attached hydrogen (secondary N) is 1. The standard InChI is InChI=1S/C16H25NO3/c1-4-9-17-14-10-15(16(14)19-3)20-11-12-5-7-13(18-2)8-6-12/h5-8,14-17H,4,9-11H2,1-3H3. The molecule has 1 fully saturated rings. The Balaban J connectivity index is 1.76. The Hall–Kier alpha value is -1.10. The van der Waals surface area contributed by atoms with Crippen LogP contribution in [0.25, 0.3) is 0 Å². The van der Waals surface area contributed by atoms with Gasteiger partial charge >= 0.3 is 0 Å². The van der Waals surface area contributed by atoms with Gasteiger partial charge in [-0.25, -0.2) is 0 Å². The van der Waals surface area contributed by atoms with Crippen LogP contribution in [-0.2, 0) is 16.1 Å². The summed E-state index contributed by atoms with van der Waals surface area (Å²) in [5.41, 5.74) is 1.16. The maximum atomic E-state index is 5.95. The molecule has 4 heteroatoms. The van der Waals surface area contributed by atoms with Crippen molar-refractivity contribution >= 4 is 0 Å². The van der Waals surface area contributed by atoms with Gasteiger partial charge in [-0.05, 0) is 37.1 Å². The van der Waals surface area contributed by atoms with Crippen LogP contribution in [0.4, 0.5) is 0 Å². The summed E-state index contributed by atoms with van der Waals surface area (Å²) >= 11 is 0. The van der Waals surface area contributed by atoms with E-state index >= 15 is 0 Å². The maximum absolute atomic E-state index is 5.95. The summed E-state index contributed by atoms with van der Waals surface area (Å²) in [6, 6.07) is 8.41. The molecule has 0 heterocycles. The van der Waals surface area contributed by atoms with Crippen LogP contribution in [0.1, 0.15) is 25.3 Å². The maximum Gasteiger partial charge on any atom is 0.118 e. The van der Waals surface area contributed by atoms with Gasteiger partial charge in [0.1, 0.15) is 5.75 Å². The second kappa shape index (κ2) is 7.62. The zero-order valence-corrected chi connectivity index (χ0v) is 12.6. The molecule has 0 bridgehead atoms. The van der Waals surface area contributed by atoms with Crippen molar-refractivity contribution in [1.82, 2.24) is 5.32 Å². The molecule has 0 saturated heterocycles. The lowest BCUT2D eigenvalue weighted by atomic mass is 9.85. The smallest absolute Gasteiger partial charge is 0.118 e. The second-order valence-electron chi connectivity index (χ2n) is 5.19. The molecular formula is C16H25NO3. The fourth-order valence-electron chi connectivity index (χ4n) is 2.51. The molecule has 112 valence electrons. The summed E-state index contributed by atoms with van der Waals surface area (Å²) in [6.07, 6.45) is 2.52. The fraction of sp³-hybridized carbons (Fsp3) is 0.625. The van der Waals surface area contributed by atoms with E-state index in [0.717, 1.165) is 30.7 Å². The first-order valence-corrected chi connectivity index (χ1v) is 7.29. The molecule has 0 aromatic heterocycles. The molecule has 1 N–H and O–H groups in total. The van der Waals surface area contributed by atoms with Gasteiger partial charge in [-0.1, -0.05) is 19.1 Å². The Morgan fingerprint density at radius 2 is 1.95 bits per heavy atom. The lowest BCUT2D eigenvalue weighted by molar-refractivity contribution is -0.139. The molecular weight excluding hydrogens is 254 g/mol. The molecule has 1 aromatic carbocycles. The molecule has 1 aliphatic carbocycles. The second-order valence-corrected chi connectivity index (χ2v) is 5.19. The molecule has 1 saturated carbocycles. The Morgan fingerprint density at radius 1 is 1.20 bits per heavy atom. The number of methoxy groups -OCH3 is 2. The predicted molar refractivity (Wildman–Crippen MR) is 79.1 cm³/mol. The van der Waals surface area contributed by atoms with Gasteiger partial charge in [-0.15, -0.1) is 0 Å². The highest BCUT2D eigenvalue weighted by molar-refractivity contribution is 5.26. The third kappa shape index (κ3) is 3.72. The zero-order chi connectivity index (χ0) is 14.4. The average molecular weight is 279 g/mol. The lowest BCUT2D eigenvalue weighted by Gasteiger charge is -2.43. The molecule has 3 atom stereocenters. The third-order valence-electron chi connectivity index (χ3n) is 3.80. The Kier molecular flexibility index (Phi) is 5.83. The summed E-state index contributed by atoms with van der Waals surface area (Å²) in [5.74, 6) is 0.871. The van der Waals surface area contributed by atoms with Crippen LogP contribution in [0.3, 0.4) is 0 Å². The van der Waals surface area contributed by atoms with Crippen molar-refractivity contribution in [2.24, 2.45) is 0 Å². The largest absolute Gasteiger partial charge is 0.497 e. The third-order valence-corrected chi connectivity index (χ3v) is 3.80. The van der Waals surface area contributed by atoms with Gasteiger partial charge in [-0.2, -0.15) is 0 Å². The van der Waals surface area contributed by atoms with Gasteiger partial charge in [0.05, 0.1) is 25.9 Å². The van der Waals surface area contributed by atoms with Gasteiger partial charge in [0.15, 0.2) is 0 Å². The normalized spacial score (nSPS) is 25.2. The first kappa shape index (κ1) is 15.3. The first-order chi connectivity index (χ1) is 9.78. The zero-order valence-electron chi connectivity index (χ0n) is 12.6. The molecule has 0 aliphatic heterocycles.